The van der Waals surface area contributed by atoms with Gasteiger partial charge in [0, 0.05) is 31.9 Å². The third-order valence-electron chi connectivity index (χ3n) is 3.75. The van der Waals surface area contributed by atoms with Gasteiger partial charge in [-0.15, -0.1) is 0 Å². The lowest BCUT2D eigenvalue weighted by Crippen LogP contribution is -2.07. The van der Waals surface area contributed by atoms with Gasteiger partial charge in [-0.25, -0.2) is 0 Å². The molecule has 3 N–H and O–H groups in total. The van der Waals surface area contributed by atoms with E-state index in [4.69, 9.17) is 5.73 Å². The number of nitrogens with two attached hydrogens (primary N) is 1. The minimum atomic E-state index is 0.318. The Morgan fingerprint density at radius 1 is 1.15 bits per heavy atom. The van der Waals surface area contributed by atoms with Crippen molar-refractivity contribution in [1.82, 2.24) is 19.6 Å². The highest BCUT2D eigenvalue weighted by Gasteiger charge is 2.17. The van der Waals surface area contributed by atoms with Crippen LogP contribution in [0.3, 0.4) is 0 Å². The quantitative estimate of drug-likeness (QED) is 0.896. The highest BCUT2D eigenvalue weighted by atomic mass is 15.3. The van der Waals surface area contributed by atoms with Crippen LogP contribution in [0.1, 0.15) is 42.4 Å². The zero-order chi connectivity index (χ0) is 15.0. The van der Waals surface area contributed by atoms with Crippen LogP contribution in [-0.4, -0.2) is 19.6 Å². The maximum atomic E-state index is 6.18. The molecule has 0 aliphatic heterocycles. The topological polar surface area (TPSA) is 73.7 Å². The third-order valence-corrected chi connectivity index (χ3v) is 3.75. The summed E-state index contributed by atoms with van der Waals surface area (Å²) in [6.45, 7) is 8.99. The molecule has 2 aromatic heterocycles. The Hall–Kier alpha value is -1.98. The summed E-state index contributed by atoms with van der Waals surface area (Å²) in [5.74, 6) is 1.19. The van der Waals surface area contributed by atoms with Crippen LogP contribution >= 0.6 is 0 Å². The maximum absolute atomic E-state index is 6.18. The van der Waals surface area contributed by atoms with Crippen molar-refractivity contribution in [2.24, 2.45) is 14.1 Å². The number of anilines is 2. The normalized spacial score (nSPS) is 11.3. The van der Waals surface area contributed by atoms with Crippen molar-refractivity contribution in [3.63, 3.8) is 0 Å². The zero-order valence-electron chi connectivity index (χ0n) is 13.2. The van der Waals surface area contributed by atoms with Crippen LogP contribution in [-0.2, 0) is 20.6 Å². The van der Waals surface area contributed by atoms with E-state index < -0.39 is 0 Å². The first kappa shape index (κ1) is 14.4. The summed E-state index contributed by atoms with van der Waals surface area (Å²) < 4.78 is 3.71. The van der Waals surface area contributed by atoms with E-state index in [-0.39, 0.29) is 0 Å². The summed E-state index contributed by atoms with van der Waals surface area (Å²) in [4.78, 5) is 0. The fourth-order valence-corrected chi connectivity index (χ4v) is 2.44. The summed E-state index contributed by atoms with van der Waals surface area (Å²) in [7, 11) is 3.87. The highest BCUT2D eigenvalue weighted by molar-refractivity contribution is 5.65. The van der Waals surface area contributed by atoms with Crippen molar-refractivity contribution in [1.29, 1.82) is 0 Å². The molecule has 0 saturated carbocycles. The second kappa shape index (κ2) is 5.19. The molecule has 2 rings (SSSR count). The van der Waals surface area contributed by atoms with Crippen molar-refractivity contribution in [2.75, 3.05) is 11.1 Å². The fourth-order valence-electron chi connectivity index (χ4n) is 2.44. The first-order chi connectivity index (χ1) is 9.32. The van der Waals surface area contributed by atoms with Gasteiger partial charge in [-0.1, -0.05) is 13.8 Å². The van der Waals surface area contributed by atoms with E-state index in [9.17, 15) is 0 Å². The number of hydrogen-bond donors (Lipinski definition) is 2. The molecular formula is C14H24N6. The Bertz CT molecular complexity index is 620. The van der Waals surface area contributed by atoms with E-state index in [1.54, 1.807) is 0 Å². The van der Waals surface area contributed by atoms with Crippen molar-refractivity contribution in [2.45, 2.75) is 40.2 Å². The van der Waals surface area contributed by atoms with Crippen molar-refractivity contribution >= 4 is 11.5 Å². The van der Waals surface area contributed by atoms with Crippen molar-refractivity contribution < 1.29 is 0 Å². The summed E-state index contributed by atoms with van der Waals surface area (Å²) >= 11 is 0. The smallest absolute Gasteiger partial charge is 0.148 e. The van der Waals surface area contributed by atoms with Gasteiger partial charge in [-0.05, 0) is 19.8 Å². The van der Waals surface area contributed by atoms with Gasteiger partial charge in [0.25, 0.3) is 0 Å². The fraction of sp³-hybridized carbons (Fsp3) is 0.571. The molecule has 0 unspecified atom stereocenters. The van der Waals surface area contributed by atoms with Crippen LogP contribution in [0, 0.1) is 13.8 Å². The van der Waals surface area contributed by atoms with Crippen LogP contribution in [0.2, 0.25) is 0 Å². The van der Waals surface area contributed by atoms with Crippen molar-refractivity contribution in [3.05, 3.63) is 22.6 Å². The number of aromatic nitrogens is 4. The van der Waals surface area contributed by atoms with E-state index in [2.05, 4.69) is 36.3 Å². The molecule has 0 aromatic carbocycles. The zero-order valence-corrected chi connectivity index (χ0v) is 13.2. The van der Waals surface area contributed by atoms with Gasteiger partial charge in [0.05, 0.1) is 17.1 Å². The van der Waals surface area contributed by atoms with Gasteiger partial charge >= 0.3 is 0 Å². The largest absolute Gasteiger partial charge is 0.394 e. The Balaban J connectivity index is 2.23. The number of nitrogen functional groups attached to an aromatic ring is 1. The van der Waals surface area contributed by atoms with Crippen LogP contribution in [0.4, 0.5) is 11.5 Å². The van der Waals surface area contributed by atoms with Crippen LogP contribution in [0.15, 0.2) is 0 Å². The summed E-state index contributed by atoms with van der Waals surface area (Å²) in [6, 6.07) is 0. The van der Waals surface area contributed by atoms with E-state index in [1.807, 2.05) is 30.4 Å². The van der Waals surface area contributed by atoms with E-state index in [0.717, 1.165) is 22.9 Å². The van der Waals surface area contributed by atoms with Gasteiger partial charge in [0.2, 0.25) is 0 Å². The molecule has 0 spiro atoms. The molecule has 0 amide bonds. The molecule has 0 atom stereocenters. The molecule has 0 aliphatic carbocycles. The Kier molecular flexibility index (Phi) is 3.74. The van der Waals surface area contributed by atoms with Gasteiger partial charge in [-0.2, -0.15) is 10.2 Å². The number of hydrogen-bond acceptors (Lipinski definition) is 4. The summed E-state index contributed by atoms with van der Waals surface area (Å²) in [6.07, 6.45) is 0. The van der Waals surface area contributed by atoms with Gasteiger partial charge in [0.15, 0.2) is 0 Å². The van der Waals surface area contributed by atoms with Gasteiger partial charge in [0.1, 0.15) is 5.82 Å². The molecule has 2 heterocycles. The van der Waals surface area contributed by atoms with Gasteiger partial charge < -0.3 is 11.1 Å². The SMILES string of the molecule is Cc1nn(C)c(C)c1CNc1c(N)c(C(C)C)nn1C. The Labute approximate surface area is 120 Å². The first-order valence-electron chi connectivity index (χ1n) is 6.88. The highest BCUT2D eigenvalue weighted by Crippen LogP contribution is 2.28. The number of nitrogens with one attached hydrogen (secondary N) is 1. The van der Waals surface area contributed by atoms with Gasteiger partial charge in [-0.3, -0.25) is 9.36 Å². The average Bonchev–Trinajstić information content (AvgIpc) is 2.77. The Morgan fingerprint density at radius 2 is 1.80 bits per heavy atom. The average molecular weight is 276 g/mol. The maximum Gasteiger partial charge on any atom is 0.148 e. The first-order valence-corrected chi connectivity index (χ1v) is 6.88. The lowest BCUT2D eigenvalue weighted by molar-refractivity contribution is 0.714. The number of rotatable bonds is 4. The lowest BCUT2D eigenvalue weighted by Gasteiger charge is -2.08. The predicted molar refractivity (Wildman–Crippen MR) is 81.7 cm³/mol. The molecule has 6 nitrogen and oxygen atoms in total. The van der Waals surface area contributed by atoms with E-state index in [0.29, 0.717) is 12.5 Å². The summed E-state index contributed by atoms with van der Waals surface area (Å²) in [5, 5.41) is 12.3. The summed E-state index contributed by atoms with van der Waals surface area (Å²) in [5.41, 5.74) is 11.3. The van der Waals surface area contributed by atoms with E-state index in [1.165, 1.54) is 11.3 Å². The third kappa shape index (κ3) is 2.37. The molecule has 0 aliphatic rings. The standard InChI is InChI=1S/C14H24N6/c1-8(2)13-12(15)14(20(6)18-13)16-7-11-9(3)17-19(5)10(11)4/h8,16H,7,15H2,1-6H3. The number of nitrogens with zero attached hydrogens (tertiary/aromatic N) is 4. The monoisotopic (exact) mass is 276 g/mol. The molecule has 2 aromatic rings. The van der Waals surface area contributed by atoms with Crippen LogP contribution in [0.5, 0.6) is 0 Å². The second-order valence-electron chi connectivity index (χ2n) is 5.55. The minimum Gasteiger partial charge on any atom is -0.394 e. The molecule has 110 valence electrons. The molecule has 0 bridgehead atoms. The number of aryl methyl sites for hydroxylation is 3. The molecule has 0 fully saturated rings. The minimum absolute atomic E-state index is 0.318. The molecule has 0 saturated heterocycles. The van der Waals surface area contributed by atoms with Crippen molar-refractivity contribution in [3.8, 4) is 0 Å². The molecule has 20 heavy (non-hydrogen) atoms. The second-order valence-corrected chi connectivity index (χ2v) is 5.55. The molecule has 6 heteroatoms. The predicted octanol–water partition coefficient (Wildman–Crippen LogP) is 2.09. The molecular weight excluding hydrogens is 252 g/mol. The van der Waals surface area contributed by atoms with Crippen LogP contribution < -0.4 is 11.1 Å². The lowest BCUT2D eigenvalue weighted by atomic mass is 10.1. The van der Waals surface area contributed by atoms with Crippen LogP contribution in [0.25, 0.3) is 0 Å². The van der Waals surface area contributed by atoms with E-state index >= 15 is 0 Å². The molecule has 0 radical (unpaired) electrons. The Morgan fingerprint density at radius 3 is 2.25 bits per heavy atom.